The zero-order chi connectivity index (χ0) is 15.6. The van der Waals surface area contributed by atoms with Crippen molar-refractivity contribution < 1.29 is 9.18 Å². The van der Waals surface area contributed by atoms with E-state index in [1.54, 1.807) is 12.1 Å². The predicted octanol–water partition coefficient (Wildman–Crippen LogP) is 5.31. The van der Waals surface area contributed by atoms with Crippen LogP contribution in [-0.4, -0.2) is 5.78 Å². The van der Waals surface area contributed by atoms with Gasteiger partial charge < -0.3 is 0 Å². The second kappa shape index (κ2) is 6.10. The summed E-state index contributed by atoms with van der Waals surface area (Å²) < 4.78 is 13.7. The highest BCUT2D eigenvalue weighted by Crippen LogP contribution is 2.24. The molecule has 110 valence electrons. The smallest absolute Gasteiger partial charge is 0.168 e. The summed E-state index contributed by atoms with van der Waals surface area (Å²) in [6.45, 7) is 6.45. The maximum atomic E-state index is 13.5. The summed E-state index contributed by atoms with van der Waals surface area (Å²) >= 11 is 3.14. The molecule has 0 saturated carbocycles. The molecule has 3 heteroatoms. The number of rotatable bonds is 3. The van der Waals surface area contributed by atoms with Crippen molar-refractivity contribution in [2.75, 3.05) is 0 Å². The highest BCUT2D eigenvalue weighted by atomic mass is 79.9. The normalized spacial score (nSPS) is 11.5. The van der Waals surface area contributed by atoms with Crippen LogP contribution in [0.3, 0.4) is 0 Å². The van der Waals surface area contributed by atoms with Gasteiger partial charge in [0.05, 0.1) is 4.47 Å². The SMILES string of the molecule is CC(C)(C)c1ccc(CC(=O)c2cccc(F)c2Br)cc1. The Labute approximate surface area is 133 Å². The molecule has 0 fully saturated rings. The Kier molecular flexibility index (Phi) is 4.62. The minimum absolute atomic E-state index is 0.0914. The molecule has 2 aromatic carbocycles. The standard InChI is InChI=1S/C18H18BrFO/c1-18(2,3)13-9-7-12(8-10-13)11-16(21)14-5-4-6-15(20)17(14)19/h4-10H,11H2,1-3H3. The average molecular weight is 349 g/mol. The lowest BCUT2D eigenvalue weighted by molar-refractivity contribution is 0.0991. The van der Waals surface area contributed by atoms with Gasteiger partial charge in [0.2, 0.25) is 0 Å². The van der Waals surface area contributed by atoms with E-state index in [0.717, 1.165) is 5.56 Å². The number of halogens is 2. The molecule has 0 aromatic heterocycles. The lowest BCUT2D eigenvalue weighted by Crippen LogP contribution is -2.11. The fourth-order valence-electron chi connectivity index (χ4n) is 2.12. The first-order valence-corrected chi connectivity index (χ1v) is 7.65. The van der Waals surface area contributed by atoms with E-state index in [4.69, 9.17) is 0 Å². The zero-order valence-electron chi connectivity index (χ0n) is 12.4. The van der Waals surface area contributed by atoms with Gasteiger partial charge in [-0.05, 0) is 38.5 Å². The van der Waals surface area contributed by atoms with Crippen LogP contribution in [0.25, 0.3) is 0 Å². The topological polar surface area (TPSA) is 17.1 Å². The first-order valence-electron chi connectivity index (χ1n) is 6.85. The third kappa shape index (κ3) is 3.79. The summed E-state index contributed by atoms with van der Waals surface area (Å²) in [5, 5.41) is 0. The fourth-order valence-corrected chi connectivity index (χ4v) is 2.61. The van der Waals surface area contributed by atoms with Gasteiger partial charge >= 0.3 is 0 Å². The molecule has 1 nitrogen and oxygen atoms in total. The Morgan fingerprint density at radius 3 is 2.29 bits per heavy atom. The monoisotopic (exact) mass is 348 g/mol. The summed E-state index contributed by atoms with van der Waals surface area (Å²) in [7, 11) is 0. The summed E-state index contributed by atoms with van der Waals surface area (Å²) in [4.78, 5) is 12.3. The van der Waals surface area contributed by atoms with E-state index in [2.05, 4.69) is 36.7 Å². The lowest BCUT2D eigenvalue weighted by Gasteiger charge is -2.19. The van der Waals surface area contributed by atoms with Crippen LogP contribution in [0.1, 0.15) is 42.3 Å². The van der Waals surface area contributed by atoms with Crippen molar-refractivity contribution in [3.63, 3.8) is 0 Å². The van der Waals surface area contributed by atoms with Crippen LogP contribution >= 0.6 is 15.9 Å². The van der Waals surface area contributed by atoms with E-state index >= 15 is 0 Å². The summed E-state index contributed by atoms with van der Waals surface area (Å²) in [5.41, 5.74) is 2.64. The summed E-state index contributed by atoms with van der Waals surface area (Å²) in [6, 6.07) is 12.5. The van der Waals surface area contributed by atoms with E-state index in [9.17, 15) is 9.18 Å². The van der Waals surface area contributed by atoms with E-state index in [1.807, 2.05) is 24.3 Å². The maximum absolute atomic E-state index is 13.5. The molecule has 0 bridgehead atoms. The van der Waals surface area contributed by atoms with Gasteiger partial charge in [-0.2, -0.15) is 0 Å². The second-order valence-electron chi connectivity index (χ2n) is 6.15. The fraction of sp³-hybridized carbons (Fsp3) is 0.278. The van der Waals surface area contributed by atoms with Crippen LogP contribution in [0.2, 0.25) is 0 Å². The molecule has 0 spiro atoms. The largest absolute Gasteiger partial charge is 0.294 e. The zero-order valence-corrected chi connectivity index (χ0v) is 14.0. The Bertz CT molecular complexity index is 654. The molecule has 0 aliphatic heterocycles. The van der Waals surface area contributed by atoms with Crippen molar-refractivity contribution >= 4 is 21.7 Å². The Morgan fingerprint density at radius 2 is 1.71 bits per heavy atom. The van der Waals surface area contributed by atoms with Crippen molar-refractivity contribution in [2.24, 2.45) is 0 Å². The quantitative estimate of drug-likeness (QED) is 0.686. The van der Waals surface area contributed by atoms with Gasteiger partial charge in [-0.25, -0.2) is 4.39 Å². The van der Waals surface area contributed by atoms with Gasteiger partial charge in [0.15, 0.2) is 5.78 Å². The Balaban J connectivity index is 2.18. The molecule has 21 heavy (non-hydrogen) atoms. The minimum atomic E-state index is -0.413. The van der Waals surface area contributed by atoms with Gasteiger partial charge in [-0.1, -0.05) is 57.2 Å². The molecule has 0 aliphatic rings. The highest BCUT2D eigenvalue weighted by molar-refractivity contribution is 9.10. The average Bonchev–Trinajstić information content (AvgIpc) is 2.41. The Hall–Kier alpha value is -1.48. The van der Waals surface area contributed by atoms with E-state index in [0.29, 0.717) is 5.56 Å². The van der Waals surface area contributed by atoms with E-state index in [1.165, 1.54) is 11.6 Å². The van der Waals surface area contributed by atoms with Gasteiger partial charge in [-0.15, -0.1) is 0 Å². The third-order valence-corrected chi connectivity index (χ3v) is 4.24. The summed E-state index contributed by atoms with van der Waals surface area (Å²) in [5.74, 6) is -0.506. The second-order valence-corrected chi connectivity index (χ2v) is 6.94. The highest BCUT2D eigenvalue weighted by Gasteiger charge is 2.15. The number of Topliss-reactive ketones (excluding diaryl/α,β-unsaturated/α-hetero) is 1. The van der Waals surface area contributed by atoms with Crippen molar-refractivity contribution in [1.82, 2.24) is 0 Å². The molecule has 0 saturated heterocycles. The van der Waals surface area contributed by atoms with Crippen molar-refractivity contribution in [1.29, 1.82) is 0 Å². The molecule has 2 rings (SSSR count). The van der Waals surface area contributed by atoms with Crippen molar-refractivity contribution in [2.45, 2.75) is 32.6 Å². The number of hydrogen-bond acceptors (Lipinski definition) is 1. The number of carbonyl (C=O) groups excluding carboxylic acids is 1. The molecule has 0 N–H and O–H groups in total. The number of carbonyl (C=O) groups is 1. The molecule has 2 aromatic rings. The van der Waals surface area contributed by atoms with Crippen LogP contribution in [0.4, 0.5) is 4.39 Å². The summed E-state index contributed by atoms with van der Waals surface area (Å²) in [6.07, 6.45) is 0.270. The molecular formula is C18H18BrFO. The van der Waals surface area contributed by atoms with Gasteiger partial charge in [0, 0.05) is 12.0 Å². The van der Waals surface area contributed by atoms with Crippen molar-refractivity contribution in [3.05, 3.63) is 69.4 Å². The minimum Gasteiger partial charge on any atom is -0.294 e. The van der Waals surface area contributed by atoms with Gasteiger partial charge in [-0.3, -0.25) is 4.79 Å². The Morgan fingerprint density at radius 1 is 1.10 bits per heavy atom. The number of benzene rings is 2. The molecule has 0 radical (unpaired) electrons. The maximum Gasteiger partial charge on any atom is 0.168 e. The van der Waals surface area contributed by atoms with E-state index < -0.39 is 5.82 Å². The number of hydrogen-bond donors (Lipinski definition) is 0. The van der Waals surface area contributed by atoms with Crippen molar-refractivity contribution in [3.8, 4) is 0 Å². The third-order valence-electron chi connectivity index (χ3n) is 3.44. The first-order chi connectivity index (χ1) is 9.79. The van der Waals surface area contributed by atoms with Crippen LogP contribution in [0.15, 0.2) is 46.9 Å². The van der Waals surface area contributed by atoms with Gasteiger partial charge in [0.25, 0.3) is 0 Å². The van der Waals surface area contributed by atoms with Crippen LogP contribution in [-0.2, 0) is 11.8 Å². The molecule has 0 heterocycles. The molecule has 0 atom stereocenters. The predicted molar refractivity (Wildman–Crippen MR) is 87.3 cm³/mol. The number of ketones is 1. The molecule has 0 aliphatic carbocycles. The first kappa shape index (κ1) is 15.9. The van der Waals surface area contributed by atoms with Gasteiger partial charge in [0.1, 0.15) is 5.82 Å². The lowest BCUT2D eigenvalue weighted by atomic mass is 9.86. The molecule has 0 amide bonds. The molecule has 0 unspecified atom stereocenters. The van der Waals surface area contributed by atoms with Crippen LogP contribution in [0, 0.1) is 5.82 Å². The molecular weight excluding hydrogens is 331 g/mol. The van der Waals surface area contributed by atoms with Crippen LogP contribution < -0.4 is 0 Å². The van der Waals surface area contributed by atoms with E-state index in [-0.39, 0.29) is 22.1 Å². The van der Waals surface area contributed by atoms with Crippen LogP contribution in [0.5, 0.6) is 0 Å².